The highest BCUT2D eigenvalue weighted by atomic mass is 32.2. The van der Waals surface area contributed by atoms with Crippen molar-refractivity contribution in [2.24, 2.45) is 0 Å². The highest BCUT2D eigenvalue weighted by Crippen LogP contribution is 2.27. The van der Waals surface area contributed by atoms with E-state index in [0.29, 0.717) is 23.8 Å². The number of carbonyl (C=O) groups excluding carboxylic acids is 2. The molecule has 0 saturated carbocycles. The van der Waals surface area contributed by atoms with Crippen LogP contribution < -0.4 is 19.1 Å². The third-order valence-corrected chi connectivity index (χ3v) is 8.01. The summed E-state index contributed by atoms with van der Waals surface area (Å²) >= 11 is 0. The first-order valence-electron chi connectivity index (χ1n) is 12.6. The average Bonchev–Trinajstić information content (AvgIpc) is 2.94. The normalized spacial score (nSPS) is 11.8. The minimum absolute atomic E-state index is 0.0495. The van der Waals surface area contributed by atoms with Gasteiger partial charge in [0.05, 0.1) is 24.3 Å². The van der Waals surface area contributed by atoms with Crippen LogP contribution >= 0.6 is 0 Å². The molecule has 208 valence electrons. The Morgan fingerprint density at radius 2 is 1.64 bits per heavy atom. The van der Waals surface area contributed by atoms with Crippen LogP contribution in [-0.2, 0) is 26.2 Å². The van der Waals surface area contributed by atoms with E-state index in [1.807, 2.05) is 19.9 Å². The third kappa shape index (κ3) is 7.29. The zero-order valence-corrected chi connectivity index (χ0v) is 23.7. The maximum Gasteiger partial charge on any atom is 0.264 e. The van der Waals surface area contributed by atoms with Gasteiger partial charge in [0, 0.05) is 13.6 Å². The van der Waals surface area contributed by atoms with E-state index in [4.69, 9.17) is 9.47 Å². The van der Waals surface area contributed by atoms with E-state index in [9.17, 15) is 18.0 Å². The lowest BCUT2D eigenvalue weighted by atomic mass is 10.1. The molecule has 0 bridgehead atoms. The summed E-state index contributed by atoms with van der Waals surface area (Å²) in [7, 11) is -1.11. The van der Waals surface area contributed by atoms with Gasteiger partial charge >= 0.3 is 0 Å². The second-order valence-electron chi connectivity index (χ2n) is 8.92. The number of hydrogen-bond donors (Lipinski definition) is 1. The molecule has 0 heterocycles. The van der Waals surface area contributed by atoms with Gasteiger partial charge in [-0.05, 0) is 74.9 Å². The number of methoxy groups -OCH3 is 1. The molecule has 1 atom stereocenters. The number of anilines is 1. The van der Waals surface area contributed by atoms with Gasteiger partial charge in [0.25, 0.3) is 10.0 Å². The molecule has 0 aliphatic heterocycles. The van der Waals surface area contributed by atoms with Crippen LogP contribution in [0, 0.1) is 6.92 Å². The molecule has 3 rings (SSSR count). The minimum Gasteiger partial charge on any atom is -0.497 e. The van der Waals surface area contributed by atoms with E-state index in [1.54, 1.807) is 68.6 Å². The van der Waals surface area contributed by atoms with E-state index in [1.165, 1.54) is 24.1 Å². The Hall–Kier alpha value is -4.05. The number of amides is 2. The van der Waals surface area contributed by atoms with Gasteiger partial charge in [-0.25, -0.2) is 8.42 Å². The number of sulfonamides is 1. The van der Waals surface area contributed by atoms with E-state index in [2.05, 4.69) is 5.32 Å². The van der Waals surface area contributed by atoms with Gasteiger partial charge in [-0.2, -0.15) is 0 Å². The van der Waals surface area contributed by atoms with Gasteiger partial charge in [-0.3, -0.25) is 13.9 Å². The topological polar surface area (TPSA) is 105 Å². The lowest BCUT2D eigenvalue weighted by molar-refractivity contribution is -0.139. The first-order chi connectivity index (χ1) is 18.6. The molecule has 3 aromatic rings. The van der Waals surface area contributed by atoms with Crippen LogP contribution in [0.3, 0.4) is 0 Å². The summed E-state index contributed by atoms with van der Waals surface area (Å²) < 4.78 is 39.5. The summed E-state index contributed by atoms with van der Waals surface area (Å²) in [4.78, 5) is 27.8. The molecule has 0 aliphatic rings. The number of nitrogens with one attached hydrogen (secondary N) is 1. The first kappa shape index (κ1) is 29.5. The fourth-order valence-electron chi connectivity index (χ4n) is 4.00. The zero-order valence-electron chi connectivity index (χ0n) is 22.9. The van der Waals surface area contributed by atoms with Gasteiger partial charge in [-0.15, -0.1) is 0 Å². The van der Waals surface area contributed by atoms with Gasteiger partial charge in [0.1, 0.15) is 24.1 Å². The van der Waals surface area contributed by atoms with E-state index >= 15 is 0 Å². The van der Waals surface area contributed by atoms with Crippen molar-refractivity contribution >= 4 is 27.5 Å². The van der Waals surface area contributed by atoms with E-state index in [0.717, 1.165) is 15.4 Å². The minimum atomic E-state index is -4.14. The highest BCUT2D eigenvalue weighted by Gasteiger charge is 2.32. The average molecular weight is 554 g/mol. The molecule has 39 heavy (non-hydrogen) atoms. The molecule has 1 N–H and O–H groups in total. The first-order valence-corrected chi connectivity index (χ1v) is 14.0. The van der Waals surface area contributed by atoms with Crippen molar-refractivity contribution in [1.29, 1.82) is 0 Å². The molecule has 0 spiro atoms. The van der Waals surface area contributed by atoms with Crippen molar-refractivity contribution in [2.45, 2.75) is 38.3 Å². The molecule has 0 aliphatic carbocycles. The molecule has 10 heteroatoms. The van der Waals surface area contributed by atoms with Crippen LogP contribution in [0.4, 0.5) is 5.69 Å². The molecule has 2 amide bonds. The quantitative estimate of drug-likeness (QED) is 0.366. The number of carbonyl (C=O) groups is 2. The Balaban J connectivity index is 2.03. The number of hydrogen-bond acceptors (Lipinski definition) is 6. The van der Waals surface area contributed by atoms with Gasteiger partial charge in [0.2, 0.25) is 11.8 Å². The number of ether oxygens (including phenoxy) is 2. The van der Waals surface area contributed by atoms with Crippen molar-refractivity contribution in [3.8, 4) is 11.5 Å². The van der Waals surface area contributed by atoms with Crippen molar-refractivity contribution in [1.82, 2.24) is 10.2 Å². The van der Waals surface area contributed by atoms with Gasteiger partial charge in [-0.1, -0.05) is 29.8 Å². The number of nitrogens with zero attached hydrogens (tertiary/aromatic N) is 2. The molecule has 0 fully saturated rings. The van der Waals surface area contributed by atoms with Crippen LogP contribution in [0.5, 0.6) is 11.5 Å². The molecular formula is C29H35N3O6S. The third-order valence-electron chi connectivity index (χ3n) is 6.22. The number of aryl methyl sites for hydroxylation is 1. The second kappa shape index (κ2) is 13.1. The van der Waals surface area contributed by atoms with Crippen molar-refractivity contribution in [3.05, 3.63) is 83.9 Å². The molecule has 0 aromatic heterocycles. The number of benzene rings is 3. The number of rotatable bonds is 12. The van der Waals surface area contributed by atoms with Crippen LogP contribution in [0.15, 0.2) is 77.7 Å². The Morgan fingerprint density at radius 3 is 2.23 bits per heavy atom. The highest BCUT2D eigenvalue weighted by molar-refractivity contribution is 7.92. The summed E-state index contributed by atoms with van der Waals surface area (Å²) in [5, 5.41) is 2.57. The Morgan fingerprint density at radius 1 is 0.974 bits per heavy atom. The van der Waals surface area contributed by atoms with Crippen LogP contribution in [0.25, 0.3) is 0 Å². The Kier molecular flexibility index (Phi) is 9.95. The molecule has 1 unspecified atom stereocenters. The predicted octanol–water partition coefficient (Wildman–Crippen LogP) is 3.76. The van der Waals surface area contributed by atoms with Gasteiger partial charge in [0.15, 0.2) is 0 Å². The molecule has 9 nitrogen and oxygen atoms in total. The lowest BCUT2D eigenvalue weighted by Gasteiger charge is -2.32. The van der Waals surface area contributed by atoms with Crippen LogP contribution in [-0.4, -0.2) is 58.5 Å². The fraction of sp³-hybridized carbons (Fsp3) is 0.310. The Labute approximate surface area is 230 Å². The number of likely N-dealkylation sites (N-methyl/N-ethyl adjacent to an activating group) is 1. The standard InChI is InChI=1S/C29H35N3O6S/c1-6-38-25-14-12-24(13-15-25)32(39(35,36)27-16-10-21(2)11-17-27)20-28(33)31(22(3)29(34)30-4)19-23-8-7-9-26(18-23)37-5/h7-18,22H,6,19-20H2,1-5H3,(H,30,34). The largest absolute Gasteiger partial charge is 0.497 e. The smallest absolute Gasteiger partial charge is 0.264 e. The Bertz CT molecular complexity index is 1370. The second-order valence-corrected chi connectivity index (χ2v) is 10.8. The van der Waals surface area contributed by atoms with Crippen molar-refractivity contribution in [2.75, 3.05) is 31.6 Å². The maximum atomic E-state index is 13.8. The zero-order chi connectivity index (χ0) is 28.6. The maximum absolute atomic E-state index is 13.8. The van der Waals surface area contributed by atoms with E-state index in [-0.39, 0.29) is 17.3 Å². The predicted molar refractivity (Wildman–Crippen MR) is 150 cm³/mol. The summed E-state index contributed by atoms with van der Waals surface area (Å²) in [5.41, 5.74) is 1.93. The molecule has 3 aromatic carbocycles. The monoisotopic (exact) mass is 553 g/mol. The van der Waals surface area contributed by atoms with Crippen molar-refractivity contribution < 1.29 is 27.5 Å². The summed E-state index contributed by atoms with van der Waals surface area (Å²) in [6, 6.07) is 19.2. The summed E-state index contributed by atoms with van der Waals surface area (Å²) in [6.07, 6.45) is 0. The van der Waals surface area contributed by atoms with Crippen LogP contribution in [0.2, 0.25) is 0 Å². The van der Waals surface area contributed by atoms with Gasteiger partial charge < -0.3 is 19.7 Å². The SMILES string of the molecule is CCOc1ccc(N(CC(=O)N(Cc2cccc(OC)c2)C(C)C(=O)NC)S(=O)(=O)c2ccc(C)cc2)cc1. The summed E-state index contributed by atoms with van der Waals surface area (Å²) in [6.45, 7) is 5.33. The molecule has 0 saturated heterocycles. The fourth-order valence-corrected chi connectivity index (χ4v) is 5.41. The summed E-state index contributed by atoms with van der Waals surface area (Å²) in [5.74, 6) is 0.261. The molecule has 0 radical (unpaired) electrons. The van der Waals surface area contributed by atoms with Crippen molar-refractivity contribution in [3.63, 3.8) is 0 Å². The molecular weight excluding hydrogens is 518 g/mol. The van der Waals surface area contributed by atoms with E-state index < -0.39 is 28.5 Å². The lowest BCUT2D eigenvalue weighted by Crippen LogP contribution is -2.50. The van der Waals surface area contributed by atoms with Crippen LogP contribution in [0.1, 0.15) is 25.0 Å².